The van der Waals surface area contributed by atoms with Crippen LogP contribution in [-0.2, 0) is 32.2 Å². The molecular formula is C40H39F3N2O7S. The molecule has 5 atom stereocenters. The first-order valence-corrected chi connectivity index (χ1v) is 18.2. The number of aliphatic hydroxyl groups is 1. The number of carbonyl (C=O) groups is 3. The van der Waals surface area contributed by atoms with Gasteiger partial charge in [-0.15, -0.1) is 11.8 Å². The van der Waals surface area contributed by atoms with Crippen molar-refractivity contribution in [1.29, 1.82) is 0 Å². The maximum atomic E-state index is 13.1. The molecule has 6 rings (SSSR count). The Kier molecular flexibility index (Phi) is 11.9. The van der Waals surface area contributed by atoms with E-state index in [0.717, 1.165) is 33.4 Å². The van der Waals surface area contributed by atoms with Crippen LogP contribution in [0.3, 0.4) is 0 Å². The lowest BCUT2D eigenvalue weighted by atomic mass is 9.91. The Morgan fingerprint density at radius 3 is 2.32 bits per heavy atom. The van der Waals surface area contributed by atoms with E-state index in [1.165, 1.54) is 11.8 Å². The first-order valence-electron chi connectivity index (χ1n) is 17.2. The lowest BCUT2D eigenvalue weighted by molar-refractivity contribution is -0.268. The van der Waals surface area contributed by atoms with E-state index in [2.05, 4.69) is 5.32 Å². The molecule has 4 aromatic rings. The van der Waals surface area contributed by atoms with E-state index in [0.29, 0.717) is 22.0 Å². The normalized spacial score (nSPS) is 21.7. The van der Waals surface area contributed by atoms with E-state index in [-0.39, 0.29) is 49.8 Å². The fourth-order valence-corrected chi connectivity index (χ4v) is 7.94. The smallest absolute Gasteiger partial charge is 0.471 e. The molecule has 2 saturated heterocycles. The summed E-state index contributed by atoms with van der Waals surface area (Å²) in [5.74, 6) is -3.29. The van der Waals surface area contributed by atoms with Crippen molar-refractivity contribution in [2.75, 3.05) is 12.3 Å². The molecule has 0 radical (unpaired) electrons. The van der Waals surface area contributed by atoms with Crippen molar-refractivity contribution in [1.82, 2.24) is 10.2 Å². The number of alkyl halides is 3. The second-order valence-corrected chi connectivity index (χ2v) is 14.2. The van der Waals surface area contributed by atoms with E-state index in [4.69, 9.17) is 9.47 Å². The molecule has 0 unspecified atom stereocenters. The summed E-state index contributed by atoms with van der Waals surface area (Å²) in [7, 11) is 0. The topological polar surface area (TPSA) is 125 Å². The largest absolute Gasteiger partial charge is 0.478 e. The standard InChI is InChI=1S/C40H39F3N2O7S/c1-24-33(23-53-34-13-3-2-11-31(34)37(48)49)51-38(52-35(24)27-16-14-25(22-46)15-17-27)30-10-5-9-29(20-30)28-8-4-7-26(19-28)21-44-36(47)32-12-6-18-45(32)39(50)40(41,42)43/h2-5,7-11,13-17,19-20,24,32-33,35,38,46H,6,12,18,21-23H2,1H3,(H,44,47)(H,48,49)/t24-,32-,33+,35+,38+/m0/s1. The Morgan fingerprint density at radius 1 is 0.887 bits per heavy atom. The maximum Gasteiger partial charge on any atom is 0.471 e. The minimum atomic E-state index is -5.04. The van der Waals surface area contributed by atoms with E-state index >= 15 is 0 Å². The summed E-state index contributed by atoms with van der Waals surface area (Å²) >= 11 is 1.41. The van der Waals surface area contributed by atoms with Gasteiger partial charge in [-0.25, -0.2) is 4.79 Å². The number of rotatable bonds is 11. The summed E-state index contributed by atoms with van der Waals surface area (Å²) in [4.78, 5) is 37.8. The number of carbonyl (C=O) groups excluding carboxylic acids is 2. The number of carboxylic acid groups (broad SMARTS) is 1. The lowest BCUT2D eigenvalue weighted by Gasteiger charge is -2.41. The van der Waals surface area contributed by atoms with Crippen molar-refractivity contribution in [2.45, 2.75) is 68.5 Å². The third-order valence-electron chi connectivity index (χ3n) is 9.59. The van der Waals surface area contributed by atoms with Crippen molar-refractivity contribution in [3.63, 3.8) is 0 Å². The summed E-state index contributed by atoms with van der Waals surface area (Å²) < 4.78 is 52.4. The fraction of sp³-hybridized carbons (Fsp3) is 0.325. The van der Waals surface area contributed by atoms with Gasteiger partial charge >= 0.3 is 18.1 Å². The highest BCUT2D eigenvalue weighted by atomic mass is 32.2. The molecule has 0 aliphatic carbocycles. The van der Waals surface area contributed by atoms with Crippen LogP contribution < -0.4 is 5.32 Å². The molecule has 2 aliphatic rings. The second kappa shape index (κ2) is 16.5. The average molecular weight is 749 g/mol. The maximum absolute atomic E-state index is 13.1. The monoisotopic (exact) mass is 748 g/mol. The van der Waals surface area contributed by atoms with E-state index < -0.39 is 36.3 Å². The number of hydrogen-bond acceptors (Lipinski definition) is 7. The minimum absolute atomic E-state index is 0.0603. The van der Waals surface area contributed by atoms with E-state index in [1.807, 2.05) is 73.7 Å². The van der Waals surface area contributed by atoms with Gasteiger partial charge in [-0.05, 0) is 64.9 Å². The van der Waals surface area contributed by atoms with Crippen LogP contribution in [0.25, 0.3) is 11.1 Å². The van der Waals surface area contributed by atoms with Crippen LogP contribution in [0, 0.1) is 5.92 Å². The molecule has 2 aliphatic heterocycles. The molecular weight excluding hydrogens is 710 g/mol. The van der Waals surface area contributed by atoms with Gasteiger partial charge in [-0.3, -0.25) is 9.59 Å². The van der Waals surface area contributed by atoms with Crippen LogP contribution in [0.15, 0.2) is 102 Å². The first-order chi connectivity index (χ1) is 25.4. The van der Waals surface area contributed by atoms with Gasteiger partial charge in [0, 0.05) is 35.2 Å². The molecule has 0 saturated carbocycles. The minimum Gasteiger partial charge on any atom is -0.478 e. The van der Waals surface area contributed by atoms with E-state index in [1.54, 1.807) is 30.3 Å². The SMILES string of the molecule is C[C@H]1[C@@H](CSc2ccccc2C(=O)O)O[C@@H](c2cccc(-c3cccc(CNC(=O)[C@@H]4CCCN4C(=O)C(F)(F)F)c3)c2)O[C@H]1c1ccc(CO)cc1. The number of likely N-dealkylation sites (tertiary alicyclic amines) is 1. The zero-order valence-electron chi connectivity index (χ0n) is 28.8. The van der Waals surface area contributed by atoms with Crippen molar-refractivity contribution < 1.29 is 47.2 Å². The van der Waals surface area contributed by atoms with Gasteiger partial charge in [0.05, 0.1) is 24.4 Å². The number of carboxylic acids is 1. The molecule has 13 heteroatoms. The second-order valence-electron chi connectivity index (χ2n) is 13.1. The predicted molar refractivity (Wildman–Crippen MR) is 192 cm³/mol. The Hall–Kier alpha value is -4.69. The molecule has 278 valence electrons. The number of ether oxygens (including phenoxy) is 2. The number of amides is 2. The Morgan fingerprint density at radius 2 is 1.60 bits per heavy atom. The first kappa shape index (κ1) is 38.0. The van der Waals surface area contributed by atoms with Crippen molar-refractivity contribution >= 4 is 29.5 Å². The zero-order valence-corrected chi connectivity index (χ0v) is 29.6. The van der Waals surface area contributed by atoms with Crippen LogP contribution in [0.2, 0.25) is 0 Å². The average Bonchev–Trinajstić information content (AvgIpc) is 3.66. The number of aromatic carboxylic acids is 1. The number of halogens is 3. The van der Waals surface area contributed by atoms with Gasteiger partial charge in [0.25, 0.3) is 0 Å². The van der Waals surface area contributed by atoms with Gasteiger partial charge in [-0.1, -0.05) is 79.7 Å². The van der Waals surface area contributed by atoms with Crippen molar-refractivity contribution in [3.8, 4) is 11.1 Å². The predicted octanol–water partition coefficient (Wildman–Crippen LogP) is 7.30. The lowest BCUT2D eigenvalue weighted by Crippen LogP contribution is -2.50. The summed E-state index contributed by atoms with van der Waals surface area (Å²) in [6.07, 6.45) is -6.05. The molecule has 53 heavy (non-hydrogen) atoms. The molecule has 2 fully saturated rings. The summed E-state index contributed by atoms with van der Waals surface area (Å²) in [6.45, 7) is 1.89. The fourth-order valence-electron chi connectivity index (χ4n) is 6.73. The number of nitrogens with one attached hydrogen (secondary N) is 1. The summed E-state index contributed by atoms with van der Waals surface area (Å²) in [5, 5.41) is 22.0. The Balaban J connectivity index is 1.20. The number of nitrogens with zero attached hydrogens (tertiary/aromatic N) is 1. The number of benzene rings is 4. The third kappa shape index (κ3) is 8.93. The zero-order chi connectivity index (χ0) is 37.7. The third-order valence-corrected chi connectivity index (χ3v) is 10.8. The highest BCUT2D eigenvalue weighted by Crippen LogP contribution is 2.44. The Labute approximate surface area is 309 Å². The molecule has 2 amide bonds. The molecule has 0 bridgehead atoms. The van der Waals surface area contributed by atoms with Crippen LogP contribution >= 0.6 is 11.8 Å². The van der Waals surface area contributed by atoms with Gasteiger partial charge in [0.2, 0.25) is 5.91 Å². The summed E-state index contributed by atoms with van der Waals surface area (Å²) in [5.41, 5.74) is 5.04. The van der Waals surface area contributed by atoms with Crippen LogP contribution in [-0.4, -0.2) is 63.5 Å². The van der Waals surface area contributed by atoms with Gasteiger partial charge < -0.3 is 29.9 Å². The van der Waals surface area contributed by atoms with Crippen molar-refractivity contribution in [3.05, 3.63) is 125 Å². The summed E-state index contributed by atoms with van der Waals surface area (Å²) in [6, 6.07) is 28.3. The number of hydrogen-bond donors (Lipinski definition) is 3. The van der Waals surface area contributed by atoms with Crippen LogP contribution in [0.1, 0.15) is 64.8 Å². The molecule has 9 nitrogen and oxygen atoms in total. The molecule has 3 N–H and O–H groups in total. The van der Waals surface area contributed by atoms with Gasteiger partial charge in [0.15, 0.2) is 6.29 Å². The van der Waals surface area contributed by atoms with Crippen molar-refractivity contribution in [2.24, 2.45) is 5.92 Å². The number of thioether (sulfide) groups is 1. The van der Waals surface area contributed by atoms with Gasteiger partial charge in [0.1, 0.15) is 6.04 Å². The highest BCUT2D eigenvalue weighted by Gasteiger charge is 2.47. The van der Waals surface area contributed by atoms with Crippen LogP contribution in [0.4, 0.5) is 13.2 Å². The van der Waals surface area contributed by atoms with E-state index in [9.17, 15) is 37.8 Å². The highest BCUT2D eigenvalue weighted by molar-refractivity contribution is 7.99. The quantitative estimate of drug-likeness (QED) is 0.137. The van der Waals surface area contributed by atoms with Gasteiger partial charge in [-0.2, -0.15) is 13.2 Å². The number of aliphatic hydroxyl groups excluding tert-OH is 1. The molecule has 0 aromatic heterocycles. The molecule has 4 aromatic carbocycles. The Bertz CT molecular complexity index is 1940. The molecule has 0 spiro atoms. The molecule has 2 heterocycles. The van der Waals surface area contributed by atoms with Crippen LogP contribution in [0.5, 0.6) is 0 Å².